The van der Waals surface area contributed by atoms with Crippen molar-refractivity contribution in [1.82, 2.24) is 9.55 Å². The zero-order valence-electron chi connectivity index (χ0n) is 16.7. The van der Waals surface area contributed by atoms with Gasteiger partial charge in [0.25, 0.3) is 11.2 Å². The average Bonchev–Trinajstić information content (AvgIpc) is 2.80. The lowest BCUT2D eigenvalue weighted by atomic mass is 10.2. The SMILES string of the molecule is COc1ccccc1Cn1c(SCc2cccc([N+](=O)[O-])c2)nc2ccccc2c1=O. The van der Waals surface area contributed by atoms with Gasteiger partial charge >= 0.3 is 0 Å². The highest BCUT2D eigenvalue weighted by atomic mass is 32.2. The number of methoxy groups -OCH3 is 1. The van der Waals surface area contributed by atoms with Crippen molar-refractivity contribution in [3.05, 3.63) is 104 Å². The van der Waals surface area contributed by atoms with Crippen molar-refractivity contribution < 1.29 is 9.66 Å². The summed E-state index contributed by atoms with van der Waals surface area (Å²) in [5.41, 5.74) is 2.16. The summed E-state index contributed by atoms with van der Waals surface area (Å²) in [5, 5.41) is 12.1. The number of hydrogen-bond donors (Lipinski definition) is 0. The number of para-hydroxylation sites is 2. The van der Waals surface area contributed by atoms with E-state index in [1.165, 1.54) is 23.9 Å². The van der Waals surface area contributed by atoms with Gasteiger partial charge in [0.05, 0.1) is 29.5 Å². The number of benzene rings is 3. The Morgan fingerprint density at radius 1 is 1.06 bits per heavy atom. The number of nitro groups is 1. The monoisotopic (exact) mass is 433 g/mol. The fourth-order valence-corrected chi connectivity index (χ4v) is 4.25. The quantitative estimate of drug-likeness (QED) is 0.182. The molecule has 0 aliphatic carbocycles. The highest BCUT2D eigenvalue weighted by Crippen LogP contribution is 2.26. The number of ether oxygens (including phenoxy) is 1. The molecule has 1 aromatic heterocycles. The van der Waals surface area contributed by atoms with Gasteiger partial charge in [0.1, 0.15) is 5.75 Å². The Balaban J connectivity index is 1.74. The van der Waals surface area contributed by atoms with E-state index in [0.29, 0.717) is 34.1 Å². The molecule has 31 heavy (non-hydrogen) atoms. The summed E-state index contributed by atoms with van der Waals surface area (Å²) in [7, 11) is 1.60. The third-order valence-corrected chi connectivity index (χ3v) is 5.88. The molecule has 0 aliphatic heterocycles. The predicted octanol–water partition coefficient (Wildman–Crippen LogP) is 4.65. The van der Waals surface area contributed by atoms with Crippen molar-refractivity contribution in [3.8, 4) is 5.75 Å². The summed E-state index contributed by atoms with van der Waals surface area (Å²) in [6.07, 6.45) is 0. The van der Waals surface area contributed by atoms with Gasteiger partial charge < -0.3 is 4.74 Å². The number of nitrogens with zero attached hydrogens (tertiary/aromatic N) is 3. The number of rotatable bonds is 7. The molecule has 1 heterocycles. The van der Waals surface area contributed by atoms with Crippen molar-refractivity contribution in [3.63, 3.8) is 0 Å². The molecule has 0 saturated heterocycles. The van der Waals surface area contributed by atoms with Crippen LogP contribution in [0.3, 0.4) is 0 Å². The van der Waals surface area contributed by atoms with E-state index in [2.05, 4.69) is 0 Å². The van der Waals surface area contributed by atoms with Crippen molar-refractivity contribution in [2.24, 2.45) is 0 Å². The van der Waals surface area contributed by atoms with Crippen LogP contribution >= 0.6 is 11.8 Å². The second-order valence-corrected chi connectivity index (χ2v) is 7.77. The van der Waals surface area contributed by atoms with Gasteiger partial charge in [-0.15, -0.1) is 0 Å². The van der Waals surface area contributed by atoms with Gasteiger partial charge in [-0.1, -0.05) is 54.2 Å². The Kier molecular flexibility index (Phi) is 5.99. The first kappa shape index (κ1) is 20.6. The molecule has 4 rings (SSSR count). The maximum Gasteiger partial charge on any atom is 0.269 e. The number of aromatic nitrogens is 2. The third kappa shape index (κ3) is 4.44. The van der Waals surface area contributed by atoms with Crippen molar-refractivity contribution >= 4 is 28.4 Å². The molecule has 0 aliphatic rings. The number of nitro benzene ring substituents is 1. The van der Waals surface area contributed by atoms with Crippen LogP contribution in [0.2, 0.25) is 0 Å². The molecule has 7 nitrogen and oxygen atoms in total. The van der Waals surface area contributed by atoms with Gasteiger partial charge in [-0.2, -0.15) is 0 Å². The van der Waals surface area contributed by atoms with Crippen molar-refractivity contribution in [2.75, 3.05) is 7.11 Å². The van der Waals surface area contributed by atoms with Crippen molar-refractivity contribution in [1.29, 1.82) is 0 Å². The Morgan fingerprint density at radius 2 is 1.84 bits per heavy atom. The van der Waals surface area contributed by atoms with E-state index >= 15 is 0 Å². The van der Waals surface area contributed by atoms with Gasteiger partial charge in [0.2, 0.25) is 0 Å². The van der Waals surface area contributed by atoms with Crippen LogP contribution in [0.1, 0.15) is 11.1 Å². The largest absolute Gasteiger partial charge is 0.496 e. The summed E-state index contributed by atoms with van der Waals surface area (Å²) in [6, 6.07) is 21.2. The molecule has 0 N–H and O–H groups in total. The first-order chi connectivity index (χ1) is 15.1. The molecule has 8 heteroatoms. The molecule has 0 spiro atoms. The van der Waals surface area contributed by atoms with E-state index in [0.717, 1.165) is 11.1 Å². The number of hydrogen-bond acceptors (Lipinski definition) is 6. The van der Waals surface area contributed by atoms with Gasteiger partial charge in [0, 0.05) is 23.4 Å². The normalized spacial score (nSPS) is 10.9. The van der Waals surface area contributed by atoms with Gasteiger partial charge in [-0.05, 0) is 23.8 Å². The Hall–Kier alpha value is -3.65. The summed E-state index contributed by atoms with van der Waals surface area (Å²) in [6.45, 7) is 0.304. The second kappa shape index (κ2) is 9.01. The van der Waals surface area contributed by atoms with Gasteiger partial charge in [-0.3, -0.25) is 19.5 Å². The molecular weight excluding hydrogens is 414 g/mol. The van der Waals surface area contributed by atoms with Crippen LogP contribution in [0.4, 0.5) is 5.69 Å². The van der Waals surface area contributed by atoms with E-state index in [4.69, 9.17) is 9.72 Å². The van der Waals surface area contributed by atoms with Gasteiger partial charge in [0.15, 0.2) is 5.16 Å². The summed E-state index contributed by atoms with van der Waals surface area (Å²) in [4.78, 5) is 28.6. The number of non-ortho nitro benzene ring substituents is 1. The zero-order chi connectivity index (χ0) is 21.8. The van der Waals surface area contributed by atoms with Crippen LogP contribution < -0.4 is 10.3 Å². The Bertz CT molecular complexity index is 1320. The van der Waals surface area contributed by atoms with Crippen LogP contribution in [0, 0.1) is 10.1 Å². The van der Waals surface area contributed by atoms with Crippen molar-refractivity contribution in [2.45, 2.75) is 17.5 Å². The van der Waals surface area contributed by atoms with E-state index in [-0.39, 0.29) is 11.2 Å². The highest BCUT2D eigenvalue weighted by Gasteiger charge is 2.15. The topological polar surface area (TPSA) is 87.3 Å². The first-order valence-corrected chi connectivity index (χ1v) is 10.5. The standard InChI is InChI=1S/C23H19N3O4S/c1-30-21-12-5-2-8-17(21)14-25-22(27)19-10-3-4-11-20(19)24-23(25)31-15-16-7-6-9-18(13-16)26(28)29/h2-13H,14-15H2,1H3. The van der Waals surface area contributed by atoms with Crippen LogP contribution in [0.25, 0.3) is 10.9 Å². The molecule has 0 fully saturated rings. The molecule has 0 atom stereocenters. The lowest BCUT2D eigenvalue weighted by Crippen LogP contribution is -2.24. The fourth-order valence-electron chi connectivity index (χ4n) is 3.31. The number of thioether (sulfide) groups is 1. The van der Waals surface area contributed by atoms with E-state index in [1.54, 1.807) is 23.8 Å². The average molecular weight is 433 g/mol. The molecule has 156 valence electrons. The zero-order valence-corrected chi connectivity index (χ0v) is 17.5. The van der Waals surface area contributed by atoms with Crippen LogP contribution in [-0.2, 0) is 12.3 Å². The molecule has 4 aromatic rings. The fraction of sp³-hybridized carbons (Fsp3) is 0.130. The predicted molar refractivity (Wildman–Crippen MR) is 121 cm³/mol. The lowest BCUT2D eigenvalue weighted by molar-refractivity contribution is -0.384. The molecule has 0 radical (unpaired) electrons. The Labute approximate surface area is 182 Å². The van der Waals surface area contributed by atoms with Crippen LogP contribution in [-0.4, -0.2) is 21.6 Å². The third-order valence-electron chi connectivity index (χ3n) is 4.84. The maximum atomic E-state index is 13.3. The summed E-state index contributed by atoms with van der Waals surface area (Å²) in [5.74, 6) is 1.13. The smallest absolute Gasteiger partial charge is 0.269 e. The first-order valence-electron chi connectivity index (χ1n) is 9.54. The summed E-state index contributed by atoms with van der Waals surface area (Å²) < 4.78 is 7.07. The minimum absolute atomic E-state index is 0.0379. The molecule has 0 amide bonds. The highest BCUT2D eigenvalue weighted by molar-refractivity contribution is 7.98. The van der Waals surface area contributed by atoms with E-state index in [1.807, 2.05) is 48.5 Å². The lowest BCUT2D eigenvalue weighted by Gasteiger charge is -2.15. The van der Waals surface area contributed by atoms with E-state index < -0.39 is 4.92 Å². The molecule has 0 bridgehead atoms. The molecule has 0 unspecified atom stereocenters. The Morgan fingerprint density at radius 3 is 2.65 bits per heavy atom. The van der Waals surface area contributed by atoms with Crippen LogP contribution in [0.15, 0.2) is 82.7 Å². The van der Waals surface area contributed by atoms with Crippen LogP contribution in [0.5, 0.6) is 5.75 Å². The van der Waals surface area contributed by atoms with Gasteiger partial charge in [-0.25, -0.2) is 4.98 Å². The minimum Gasteiger partial charge on any atom is -0.496 e. The molecule has 3 aromatic carbocycles. The summed E-state index contributed by atoms with van der Waals surface area (Å²) >= 11 is 1.37. The maximum absolute atomic E-state index is 13.3. The molecular formula is C23H19N3O4S. The molecule has 0 saturated carbocycles. The van der Waals surface area contributed by atoms with E-state index in [9.17, 15) is 14.9 Å². The number of fused-ring (bicyclic) bond motifs is 1. The second-order valence-electron chi connectivity index (χ2n) is 6.83. The minimum atomic E-state index is -0.417.